The van der Waals surface area contributed by atoms with Crippen molar-refractivity contribution in [2.24, 2.45) is 0 Å². The number of benzene rings is 1. The maximum Gasteiger partial charge on any atom is 0.573 e. The van der Waals surface area contributed by atoms with Crippen molar-refractivity contribution in [3.63, 3.8) is 0 Å². The lowest BCUT2D eigenvalue weighted by Crippen LogP contribution is -2.17. The summed E-state index contributed by atoms with van der Waals surface area (Å²) >= 11 is 5.77. The maximum atomic E-state index is 12.3. The minimum absolute atomic E-state index is 0.0878. The summed E-state index contributed by atoms with van der Waals surface area (Å²) in [4.78, 5) is 7.95. The van der Waals surface area contributed by atoms with Crippen LogP contribution in [-0.4, -0.2) is 16.3 Å². The van der Waals surface area contributed by atoms with Gasteiger partial charge in [-0.25, -0.2) is 9.97 Å². The highest BCUT2D eigenvalue weighted by atomic mass is 35.5. The van der Waals surface area contributed by atoms with E-state index in [2.05, 4.69) is 14.7 Å². The van der Waals surface area contributed by atoms with Gasteiger partial charge in [0.25, 0.3) is 0 Å². The minimum atomic E-state index is -4.77. The SMILES string of the molecule is Cc1cc(Cl)nc(-c2ccccc2OC(F)(F)F)n1. The topological polar surface area (TPSA) is 35.0 Å². The van der Waals surface area contributed by atoms with Crippen LogP contribution in [0.25, 0.3) is 11.4 Å². The summed E-state index contributed by atoms with van der Waals surface area (Å²) in [5.41, 5.74) is 0.683. The number of nitrogens with zero attached hydrogens (tertiary/aromatic N) is 2. The minimum Gasteiger partial charge on any atom is -0.405 e. The third-order valence-corrected chi connectivity index (χ3v) is 2.37. The molecule has 1 aromatic carbocycles. The molecule has 0 aliphatic carbocycles. The lowest BCUT2D eigenvalue weighted by atomic mass is 10.2. The molecule has 0 spiro atoms. The van der Waals surface area contributed by atoms with E-state index in [1.807, 2.05) is 0 Å². The lowest BCUT2D eigenvalue weighted by molar-refractivity contribution is -0.274. The lowest BCUT2D eigenvalue weighted by Gasteiger charge is -2.12. The zero-order chi connectivity index (χ0) is 14.0. The molecule has 19 heavy (non-hydrogen) atoms. The molecule has 0 aliphatic rings. The fourth-order valence-corrected chi connectivity index (χ4v) is 1.75. The first-order valence-electron chi connectivity index (χ1n) is 5.21. The summed E-state index contributed by atoms with van der Waals surface area (Å²) in [5.74, 6) is -0.276. The van der Waals surface area contributed by atoms with Crippen molar-refractivity contribution in [3.8, 4) is 17.1 Å². The summed E-state index contributed by atoms with van der Waals surface area (Å²) < 4.78 is 40.9. The fourth-order valence-electron chi connectivity index (χ4n) is 1.52. The number of para-hydroxylation sites is 1. The normalized spacial score (nSPS) is 11.4. The van der Waals surface area contributed by atoms with Gasteiger partial charge in [-0.3, -0.25) is 0 Å². The van der Waals surface area contributed by atoms with Crippen molar-refractivity contribution >= 4 is 11.6 Å². The molecule has 1 heterocycles. The van der Waals surface area contributed by atoms with Gasteiger partial charge in [0.05, 0.1) is 5.56 Å². The molecule has 0 unspecified atom stereocenters. The second-order valence-corrected chi connectivity index (χ2v) is 4.09. The maximum absolute atomic E-state index is 12.3. The van der Waals surface area contributed by atoms with E-state index in [4.69, 9.17) is 11.6 Å². The molecule has 0 atom stereocenters. The van der Waals surface area contributed by atoms with Gasteiger partial charge in [-0.15, -0.1) is 13.2 Å². The summed E-state index contributed by atoms with van der Waals surface area (Å²) in [6.07, 6.45) is -4.77. The average Bonchev–Trinajstić information content (AvgIpc) is 2.26. The Bertz CT molecular complexity index is 582. The van der Waals surface area contributed by atoms with E-state index < -0.39 is 6.36 Å². The zero-order valence-corrected chi connectivity index (χ0v) is 10.5. The van der Waals surface area contributed by atoms with E-state index in [1.165, 1.54) is 24.3 Å². The van der Waals surface area contributed by atoms with Gasteiger partial charge in [0.15, 0.2) is 5.82 Å². The Kier molecular flexibility index (Phi) is 3.61. The molecule has 0 saturated carbocycles. The van der Waals surface area contributed by atoms with Crippen LogP contribution in [0.15, 0.2) is 30.3 Å². The molecule has 2 rings (SSSR count). The first-order chi connectivity index (χ1) is 8.85. The molecule has 0 saturated heterocycles. The van der Waals surface area contributed by atoms with E-state index in [0.717, 1.165) is 0 Å². The van der Waals surface area contributed by atoms with Crippen molar-refractivity contribution in [2.45, 2.75) is 13.3 Å². The standard InChI is InChI=1S/C12H8ClF3N2O/c1-7-6-10(13)18-11(17-7)8-4-2-3-5-9(8)19-12(14,15)16/h2-6H,1H3. The van der Waals surface area contributed by atoms with Crippen LogP contribution in [0.1, 0.15) is 5.69 Å². The summed E-state index contributed by atoms with van der Waals surface area (Å²) in [7, 11) is 0. The summed E-state index contributed by atoms with van der Waals surface area (Å²) in [5, 5.41) is 0.157. The number of aryl methyl sites for hydroxylation is 1. The Morgan fingerprint density at radius 2 is 1.84 bits per heavy atom. The van der Waals surface area contributed by atoms with Gasteiger partial charge in [0, 0.05) is 5.69 Å². The van der Waals surface area contributed by atoms with Gasteiger partial charge in [0.2, 0.25) is 0 Å². The predicted molar refractivity (Wildman–Crippen MR) is 63.9 cm³/mol. The molecule has 0 fully saturated rings. The number of alkyl halides is 3. The number of hydrogen-bond acceptors (Lipinski definition) is 3. The molecule has 0 N–H and O–H groups in total. The zero-order valence-electron chi connectivity index (χ0n) is 9.70. The summed E-state index contributed by atoms with van der Waals surface area (Å²) in [6, 6.07) is 7.15. The van der Waals surface area contributed by atoms with Gasteiger partial charge in [-0.05, 0) is 25.1 Å². The molecule has 3 nitrogen and oxygen atoms in total. The Balaban J connectivity index is 2.50. The van der Waals surface area contributed by atoms with E-state index in [9.17, 15) is 13.2 Å². The number of rotatable bonds is 2. The highest BCUT2D eigenvalue weighted by Gasteiger charge is 2.32. The first kappa shape index (κ1) is 13.6. The van der Waals surface area contributed by atoms with Gasteiger partial charge >= 0.3 is 6.36 Å². The average molecular weight is 289 g/mol. The Morgan fingerprint density at radius 3 is 2.47 bits per heavy atom. The molecular formula is C12H8ClF3N2O. The molecule has 0 radical (unpaired) electrons. The smallest absolute Gasteiger partial charge is 0.405 e. The van der Waals surface area contributed by atoms with Crippen LogP contribution in [0.4, 0.5) is 13.2 Å². The molecule has 0 aliphatic heterocycles. The van der Waals surface area contributed by atoms with Crippen LogP contribution in [-0.2, 0) is 0 Å². The Morgan fingerprint density at radius 1 is 1.16 bits per heavy atom. The van der Waals surface area contributed by atoms with E-state index >= 15 is 0 Å². The molecule has 2 aromatic rings. The molecule has 100 valence electrons. The van der Waals surface area contributed by atoms with Crippen molar-refractivity contribution in [1.82, 2.24) is 9.97 Å². The number of aromatic nitrogens is 2. The number of ether oxygens (including phenoxy) is 1. The Labute approximate surface area is 112 Å². The van der Waals surface area contributed by atoms with Gasteiger partial charge < -0.3 is 4.74 Å². The molecule has 7 heteroatoms. The third kappa shape index (κ3) is 3.57. The number of hydrogen-bond donors (Lipinski definition) is 0. The van der Waals surface area contributed by atoms with Crippen molar-refractivity contribution in [2.75, 3.05) is 0 Å². The molecule has 0 amide bonds. The highest BCUT2D eigenvalue weighted by Crippen LogP contribution is 2.32. The van der Waals surface area contributed by atoms with Crippen LogP contribution in [0.2, 0.25) is 5.15 Å². The highest BCUT2D eigenvalue weighted by molar-refractivity contribution is 6.29. The summed E-state index contributed by atoms with van der Waals surface area (Å²) in [6.45, 7) is 1.67. The van der Waals surface area contributed by atoms with Gasteiger partial charge in [0.1, 0.15) is 10.9 Å². The quantitative estimate of drug-likeness (QED) is 0.783. The largest absolute Gasteiger partial charge is 0.573 e. The molecule has 0 bridgehead atoms. The van der Waals surface area contributed by atoms with Crippen LogP contribution in [0.5, 0.6) is 5.75 Å². The van der Waals surface area contributed by atoms with Crippen LogP contribution >= 0.6 is 11.6 Å². The van der Waals surface area contributed by atoms with Crippen LogP contribution < -0.4 is 4.74 Å². The second kappa shape index (κ2) is 5.05. The fraction of sp³-hybridized carbons (Fsp3) is 0.167. The van der Waals surface area contributed by atoms with Crippen LogP contribution in [0, 0.1) is 6.92 Å². The first-order valence-corrected chi connectivity index (χ1v) is 5.59. The van der Waals surface area contributed by atoms with E-state index in [1.54, 1.807) is 13.0 Å². The van der Waals surface area contributed by atoms with Gasteiger partial charge in [-0.1, -0.05) is 23.7 Å². The monoisotopic (exact) mass is 288 g/mol. The van der Waals surface area contributed by atoms with Crippen molar-refractivity contribution < 1.29 is 17.9 Å². The molecular weight excluding hydrogens is 281 g/mol. The van der Waals surface area contributed by atoms with Gasteiger partial charge in [-0.2, -0.15) is 0 Å². The van der Waals surface area contributed by atoms with E-state index in [0.29, 0.717) is 5.69 Å². The van der Waals surface area contributed by atoms with Crippen molar-refractivity contribution in [1.29, 1.82) is 0 Å². The molecule has 1 aromatic heterocycles. The van der Waals surface area contributed by atoms with Crippen LogP contribution in [0.3, 0.4) is 0 Å². The second-order valence-electron chi connectivity index (χ2n) is 3.70. The Hall–Kier alpha value is -1.82. The third-order valence-electron chi connectivity index (χ3n) is 2.18. The van der Waals surface area contributed by atoms with Crippen molar-refractivity contribution in [3.05, 3.63) is 41.2 Å². The van der Waals surface area contributed by atoms with E-state index in [-0.39, 0.29) is 22.3 Å². The predicted octanol–water partition coefficient (Wildman–Crippen LogP) is 4.00. The number of halogens is 4.